The Morgan fingerprint density at radius 1 is 0.886 bits per heavy atom. The van der Waals surface area contributed by atoms with Crippen molar-refractivity contribution >= 4 is 43.3 Å². The lowest BCUT2D eigenvalue weighted by Gasteiger charge is -2.31. The van der Waals surface area contributed by atoms with Crippen molar-refractivity contribution in [2.45, 2.75) is 36.1 Å². The van der Waals surface area contributed by atoms with Gasteiger partial charge in [-0.05, 0) is 55.3 Å². The fourth-order valence-electron chi connectivity index (χ4n) is 4.07. The quantitative estimate of drug-likeness (QED) is 0.268. The van der Waals surface area contributed by atoms with Crippen molar-refractivity contribution in [3.05, 3.63) is 54.1 Å². The fraction of sp³-hybridized carbons (Fsp3) is 0.375. The molecule has 3 N–H and O–H groups in total. The topological polar surface area (TPSA) is 156 Å². The lowest BCUT2D eigenvalue weighted by molar-refractivity contribution is -0.154. The van der Waals surface area contributed by atoms with Gasteiger partial charge in [0.25, 0.3) is 0 Å². The van der Waals surface area contributed by atoms with Crippen molar-refractivity contribution in [2.24, 2.45) is 0 Å². The molecule has 3 aromatic rings. The molecule has 0 unspecified atom stereocenters. The van der Waals surface area contributed by atoms with Crippen LogP contribution in [-0.2, 0) is 26.2 Å². The van der Waals surface area contributed by atoms with Crippen LogP contribution in [0.15, 0.2) is 53.4 Å². The summed E-state index contributed by atoms with van der Waals surface area (Å²) in [4.78, 5) is 11.5. The molecule has 2 heterocycles. The second-order valence-electron chi connectivity index (χ2n) is 9.59. The maximum Gasteiger partial charge on any atom is 0.422 e. The summed E-state index contributed by atoms with van der Waals surface area (Å²) in [6.07, 6.45) is -7.96. The number of halogens is 6. The van der Waals surface area contributed by atoms with E-state index in [4.69, 9.17) is 0 Å². The van der Waals surface area contributed by atoms with E-state index in [-0.39, 0.29) is 48.1 Å². The fourth-order valence-corrected chi connectivity index (χ4v) is 6.11. The van der Waals surface area contributed by atoms with E-state index in [0.717, 1.165) is 24.5 Å². The monoisotopic (exact) mass is 669 g/mol. The van der Waals surface area contributed by atoms with Gasteiger partial charge >= 0.3 is 18.4 Å². The first-order valence-electron chi connectivity index (χ1n) is 12.6. The largest absolute Gasteiger partial charge is 0.454 e. The number of hydrogen-bond acceptors (Lipinski definition) is 10. The zero-order valence-corrected chi connectivity index (χ0v) is 24.3. The molecular formula is C24H25F6N7O5S2. The highest BCUT2D eigenvalue weighted by atomic mass is 32.2. The van der Waals surface area contributed by atoms with Gasteiger partial charge in [-0.3, -0.25) is 4.72 Å². The summed E-state index contributed by atoms with van der Waals surface area (Å²) in [5.74, 6) is -0.644. The first kappa shape index (κ1) is 33.0. The van der Waals surface area contributed by atoms with E-state index < -0.39 is 62.6 Å². The number of nitrogens with one attached hydrogen (secondary N) is 3. The smallest absolute Gasteiger partial charge is 0.422 e. The van der Waals surface area contributed by atoms with E-state index in [0.29, 0.717) is 0 Å². The Kier molecular flexibility index (Phi) is 9.45. The van der Waals surface area contributed by atoms with Crippen LogP contribution in [0, 0.1) is 0 Å². The predicted octanol–water partition coefficient (Wildman–Crippen LogP) is 4.21. The van der Waals surface area contributed by atoms with Crippen LogP contribution < -0.4 is 20.1 Å². The molecule has 0 aliphatic carbocycles. The van der Waals surface area contributed by atoms with E-state index in [9.17, 15) is 43.2 Å². The Labute approximate surface area is 248 Å². The Bertz CT molecular complexity index is 1680. The van der Waals surface area contributed by atoms with Crippen molar-refractivity contribution in [2.75, 3.05) is 41.3 Å². The standard InChI is InChI=1S/C24H25F6N7O5S2/c1-43(38,39)36-17-5-7-19(8-6-17)44(40,41)37-11-9-16(10-12-37)31-20-33-21(35-22(34-20)42-14-23(25,26)27)32-18-4-2-3-15(13-18)24(28,29)30/h2-8,13,16,36H,9-12,14H2,1H3,(H2,31,32,33,34,35). The van der Waals surface area contributed by atoms with E-state index in [1.807, 2.05) is 0 Å². The summed E-state index contributed by atoms with van der Waals surface area (Å²) >= 11 is 0. The average Bonchev–Trinajstić information content (AvgIpc) is 2.91. The number of piperidine rings is 1. The third-order valence-corrected chi connectivity index (χ3v) is 8.53. The zero-order chi connectivity index (χ0) is 32.3. The highest BCUT2D eigenvalue weighted by molar-refractivity contribution is 7.92. The molecule has 1 saturated heterocycles. The first-order valence-corrected chi connectivity index (χ1v) is 15.9. The van der Waals surface area contributed by atoms with Gasteiger partial charge in [-0.1, -0.05) is 6.07 Å². The molecule has 1 aliphatic rings. The normalized spacial score (nSPS) is 15.5. The van der Waals surface area contributed by atoms with Crippen molar-refractivity contribution in [3.8, 4) is 6.01 Å². The van der Waals surface area contributed by atoms with Crippen LogP contribution in [-0.4, -0.2) is 74.3 Å². The van der Waals surface area contributed by atoms with Gasteiger partial charge < -0.3 is 15.4 Å². The van der Waals surface area contributed by atoms with Crippen LogP contribution in [0.2, 0.25) is 0 Å². The number of sulfonamides is 2. The summed E-state index contributed by atoms with van der Waals surface area (Å²) in [5.41, 5.74) is -0.892. The van der Waals surface area contributed by atoms with Gasteiger partial charge in [0, 0.05) is 30.5 Å². The second-order valence-corrected chi connectivity index (χ2v) is 13.3. The lowest BCUT2D eigenvalue weighted by atomic mass is 10.1. The molecule has 2 aromatic carbocycles. The third kappa shape index (κ3) is 9.29. The summed E-state index contributed by atoms with van der Waals surface area (Å²) in [6, 6.07) is 7.95. The minimum atomic E-state index is -4.72. The number of ether oxygens (including phenoxy) is 1. The molecule has 12 nitrogen and oxygen atoms in total. The zero-order valence-electron chi connectivity index (χ0n) is 22.6. The van der Waals surface area contributed by atoms with Crippen LogP contribution in [0.25, 0.3) is 0 Å². The Balaban J connectivity index is 1.46. The van der Waals surface area contributed by atoms with Gasteiger partial charge in [-0.2, -0.15) is 45.6 Å². The summed E-state index contributed by atoms with van der Waals surface area (Å²) in [5, 5.41) is 5.40. The number of hydrogen-bond donors (Lipinski definition) is 3. The molecule has 1 fully saturated rings. The van der Waals surface area contributed by atoms with Crippen molar-refractivity contribution in [1.82, 2.24) is 19.3 Å². The van der Waals surface area contributed by atoms with E-state index in [2.05, 4.69) is 35.0 Å². The Morgan fingerprint density at radius 3 is 2.11 bits per heavy atom. The maximum absolute atomic E-state index is 13.1. The minimum Gasteiger partial charge on any atom is -0.454 e. The molecule has 0 amide bonds. The minimum absolute atomic E-state index is 0.0429. The van der Waals surface area contributed by atoms with E-state index >= 15 is 0 Å². The average molecular weight is 670 g/mol. The summed E-state index contributed by atoms with van der Waals surface area (Å²) in [7, 11) is -7.48. The van der Waals surface area contributed by atoms with Crippen molar-refractivity contribution < 1.29 is 47.9 Å². The number of rotatable bonds is 10. The molecule has 0 bridgehead atoms. The van der Waals surface area contributed by atoms with Gasteiger partial charge in [0.2, 0.25) is 31.9 Å². The van der Waals surface area contributed by atoms with E-state index in [1.54, 1.807) is 0 Å². The molecule has 0 spiro atoms. The highest BCUT2D eigenvalue weighted by Gasteiger charge is 2.32. The van der Waals surface area contributed by atoms with Crippen LogP contribution in [0.4, 0.5) is 49.6 Å². The van der Waals surface area contributed by atoms with Gasteiger partial charge in [0.15, 0.2) is 6.61 Å². The van der Waals surface area contributed by atoms with Crippen LogP contribution in [0.1, 0.15) is 18.4 Å². The maximum atomic E-state index is 13.1. The molecule has 1 aliphatic heterocycles. The third-order valence-electron chi connectivity index (χ3n) is 6.01. The first-order chi connectivity index (χ1) is 20.4. The highest BCUT2D eigenvalue weighted by Crippen LogP contribution is 2.31. The Hall–Kier alpha value is -3.91. The lowest BCUT2D eigenvalue weighted by Crippen LogP contribution is -2.42. The number of aromatic nitrogens is 3. The van der Waals surface area contributed by atoms with Crippen molar-refractivity contribution in [3.63, 3.8) is 0 Å². The van der Waals surface area contributed by atoms with Crippen LogP contribution in [0.3, 0.4) is 0 Å². The van der Waals surface area contributed by atoms with E-state index in [1.165, 1.54) is 34.6 Å². The van der Waals surface area contributed by atoms with Gasteiger partial charge in [-0.15, -0.1) is 0 Å². The predicted molar refractivity (Wildman–Crippen MR) is 146 cm³/mol. The molecule has 0 atom stereocenters. The molecule has 0 radical (unpaired) electrons. The molecule has 4 rings (SSSR count). The van der Waals surface area contributed by atoms with Gasteiger partial charge in [0.05, 0.1) is 16.7 Å². The van der Waals surface area contributed by atoms with Gasteiger partial charge in [0.1, 0.15) is 0 Å². The van der Waals surface area contributed by atoms with Gasteiger partial charge in [-0.25, -0.2) is 16.8 Å². The second kappa shape index (κ2) is 12.6. The summed E-state index contributed by atoms with van der Waals surface area (Å²) < 4.78 is 135. The molecule has 20 heteroatoms. The number of anilines is 4. The van der Waals surface area contributed by atoms with Crippen molar-refractivity contribution in [1.29, 1.82) is 0 Å². The molecule has 44 heavy (non-hydrogen) atoms. The van der Waals surface area contributed by atoms with Crippen LogP contribution >= 0.6 is 0 Å². The number of nitrogens with zero attached hydrogens (tertiary/aromatic N) is 4. The molecule has 0 saturated carbocycles. The molecule has 1 aromatic heterocycles. The molecular weight excluding hydrogens is 644 g/mol. The van der Waals surface area contributed by atoms with Crippen LogP contribution in [0.5, 0.6) is 6.01 Å². The summed E-state index contributed by atoms with van der Waals surface area (Å²) in [6.45, 7) is -1.65. The number of alkyl halides is 6. The SMILES string of the molecule is CS(=O)(=O)Nc1ccc(S(=O)(=O)N2CCC(Nc3nc(Nc4cccc(C(F)(F)F)c4)nc(OCC(F)(F)F)n3)CC2)cc1. The molecule has 240 valence electrons. The Morgan fingerprint density at radius 2 is 1.52 bits per heavy atom. The number of benzene rings is 2.